The second-order valence-corrected chi connectivity index (χ2v) is 7.93. The first-order chi connectivity index (χ1) is 14.8. The average Bonchev–Trinajstić information content (AvgIpc) is 3.18. The van der Waals surface area contributed by atoms with Gasteiger partial charge in [0.15, 0.2) is 0 Å². The van der Waals surface area contributed by atoms with Crippen molar-refractivity contribution >= 4 is 46.0 Å². The molecule has 158 valence electrons. The Balaban J connectivity index is 1.92. The molecule has 0 spiro atoms. The molecule has 0 atom stereocenters. The number of methoxy groups -OCH3 is 1. The van der Waals surface area contributed by atoms with Crippen LogP contribution in [0.1, 0.15) is 10.4 Å². The molecule has 0 radical (unpaired) electrons. The molecule has 4 rings (SSSR count). The molecule has 0 aliphatic heterocycles. The predicted octanol–water partition coefficient (Wildman–Crippen LogP) is 4.89. The van der Waals surface area contributed by atoms with Gasteiger partial charge in [0.1, 0.15) is 17.2 Å². The number of aromatic amines is 1. The molecular weight excluding hydrogens is 437 g/mol. The molecule has 31 heavy (non-hydrogen) atoms. The molecular formula is C22H19Cl2N5O2. The molecule has 1 aromatic carbocycles. The topological polar surface area (TPSA) is 97.1 Å². The Hall–Kier alpha value is -3.29. The Bertz CT molecular complexity index is 1320. The van der Waals surface area contributed by atoms with Gasteiger partial charge in [0.05, 0.1) is 17.7 Å². The summed E-state index contributed by atoms with van der Waals surface area (Å²) < 4.78 is 5.50. The standard InChI is InChI=1S/C22H19Cl2N5O2/c1-29(2)22(30)14-6-11(8-26-20(14)25)15-9-27-21-18(19(15)24)16(10-28-21)13-5-4-12(23)7-17(13)31-3/h4-10H,1-3H3,(H2,25,26)(H,27,28). The van der Waals surface area contributed by atoms with Gasteiger partial charge in [0, 0.05) is 65.3 Å². The monoisotopic (exact) mass is 455 g/mol. The number of ether oxygens (including phenoxy) is 1. The Morgan fingerprint density at radius 3 is 2.58 bits per heavy atom. The number of aromatic nitrogens is 3. The van der Waals surface area contributed by atoms with Gasteiger partial charge >= 0.3 is 0 Å². The number of rotatable bonds is 4. The number of nitrogens with two attached hydrogens (primary N) is 1. The van der Waals surface area contributed by atoms with Crippen LogP contribution in [-0.2, 0) is 0 Å². The molecule has 1 amide bonds. The normalized spacial score (nSPS) is 11.0. The Morgan fingerprint density at radius 2 is 1.87 bits per heavy atom. The van der Waals surface area contributed by atoms with E-state index in [9.17, 15) is 4.79 Å². The number of H-pyrrole nitrogens is 1. The van der Waals surface area contributed by atoms with Gasteiger partial charge in [-0.25, -0.2) is 9.97 Å². The number of nitrogens with zero attached hydrogens (tertiary/aromatic N) is 3. The summed E-state index contributed by atoms with van der Waals surface area (Å²) in [4.78, 5) is 25.8. The van der Waals surface area contributed by atoms with Crippen molar-refractivity contribution in [3.63, 3.8) is 0 Å². The first kappa shape index (κ1) is 21.0. The lowest BCUT2D eigenvalue weighted by Gasteiger charge is -2.14. The molecule has 4 aromatic rings. The minimum absolute atomic E-state index is 0.154. The Kier molecular flexibility index (Phi) is 5.47. The smallest absolute Gasteiger partial charge is 0.257 e. The van der Waals surface area contributed by atoms with E-state index in [1.807, 2.05) is 12.3 Å². The van der Waals surface area contributed by atoms with E-state index >= 15 is 0 Å². The summed E-state index contributed by atoms with van der Waals surface area (Å²) in [5.41, 5.74) is 9.74. The number of anilines is 1. The van der Waals surface area contributed by atoms with Crippen molar-refractivity contribution in [2.75, 3.05) is 26.9 Å². The van der Waals surface area contributed by atoms with Crippen LogP contribution in [0.5, 0.6) is 5.75 Å². The molecule has 0 saturated heterocycles. The lowest BCUT2D eigenvalue weighted by molar-refractivity contribution is 0.0828. The second-order valence-electron chi connectivity index (χ2n) is 7.11. The highest BCUT2D eigenvalue weighted by Crippen LogP contribution is 2.42. The zero-order valence-electron chi connectivity index (χ0n) is 17.0. The van der Waals surface area contributed by atoms with Gasteiger partial charge in [-0.05, 0) is 24.3 Å². The van der Waals surface area contributed by atoms with Crippen LogP contribution >= 0.6 is 23.2 Å². The van der Waals surface area contributed by atoms with Gasteiger partial charge in [-0.1, -0.05) is 23.2 Å². The fourth-order valence-corrected chi connectivity index (χ4v) is 3.90. The van der Waals surface area contributed by atoms with Crippen molar-refractivity contribution < 1.29 is 9.53 Å². The van der Waals surface area contributed by atoms with Crippen LogP contribution in [0.4, 0.5) is 5.82 Å². The molecule has 9 heteroatoms. The van der Waals surface area contributed by atoms with Gasteiger partial charge in [-0.15, -0.1) is 0 Å². The number of carbonyl (C=O) groups is 1. The number of benzene rings is 1. The molecule has 3 N–H and O–H groups in total. The van der Waals surface area contributed by atoms with E-state index in [4.69, 9.17) is 33.7 Å². The van der Waals surface area contributed by atoms with Crippen LogP contribution < -0.4 is 10.5 Å². The molecule has 3 aromatic heterocycles. The summed E-state index contributed by atoms with van der Waals surface area (Å²) in [5.74, 6) is 0.522. The number of hydrogen-bond acceptors (Lipinski definition) is 5. The van der Waals surface area contributed by atoms with Gasteiger partial charge in [-0.2, -0.15) is 0 Å². The zero-order valence-corrected chi connectivity index (χ0v) is 18.5. The third-order valence-corrected chi connectivity index (χ3v) is 5.59. The number of carbonyl (C=O) groups excluding carboxylic acids is 1. The summed E-state index contributed by atoms with van der Waals surface area (Å²) >= 11 is 13.0. The molecule has 0 unspecified atom stereocenters. The van der Waals surface area contributed by atoms with Crippen LogP contribution in [0.15, 0.2) is 42.9 Å². The van der Waals surface area contributed by atoms with E-state index in [2.05, 4.69) is 15.0 Å². The molecule has 0 bridgehead atoms. The number of nitrogen functional groups attached to an aromatic ring is 1. The molecule has 0 aliphatic rings. The Labute approximate surface area is 188 Å². The number of halogens is 2. The molecule has 0 aliphatic carbocycles. The van der Waals surface area contributed by atoms with Crippen molar-refractivity contribution in [2.24, 2.45) is 0 Å². The van der Waals surface area contributed by atoms with E-state index in [1.54, 1.807) is 51.8 Å². The lowest BCUT2D eigenvalue weighted by atomic mass is 10.0. The van der Waals surface area contributed by atoms with Gasteiger partial charge in [0.25, 0.3) is 5.91 Å². The van der Waals surface area contributed by atoms with E-state index in [-0.39, 0.29) is 11.7 Å². The third kappa shape index (κ3) is 3.66. The highest BCUT2D eigenvalue weighted by Gasteiger charge is 2.20. The predicted molar refractivity (Wildman–Crippen MR) is 124 cm³/mol. The van der Waals surface area contributed by atoms with Crippen LogP contribution in [0.2, 0.25) is 10.0 Å². The number of amides is 1. The summed E-state index contributed by atoms with van der Waals surface area (Å²) in [7, 11) is 4.89. The van der Waals surface area contributed by atoms with Crippen molar-refractivity contribution in [2.45, 2.75) is 0 Å². The van der Waals surface area contributed by atoms with E-state index in [1.165, 1.54) is 4.90 Å². The van der Waals surface area contributed by atoms with Crippen molar-refractivity contribution in [3.05, 3.63) is 58.5 Å². The molecule has 7 nitrogen and oxygen atoms in total. The fraction of sp³-hybridized carbons (Fsp3) is 0.136. The lowest BCUT2D eigenvalue weighted by Crippen LogP contribution is -2.23. The van der Waals surface area contributed by atoms with Crippen LogP contribution in [0.25, 0.3) is 33.3 Å². The Morgan fingerprint density at radius 1 is 1.10 bits per heavy atom. The first-order valence-electron chi connectivity index (χ1n) is 9.28. The van der Waals surface area contributed by atoms with Gasteiger partial charge in [0.2, 0.25) is 0 Å². The van der Waals surface area contributed by atoms with E-state index < -0.39 is 0 Å². The SMILES string of the molecule is COc1cc(Cl)ccc1-c1c[nH]c2ncc(-c3cnc(N)c(C(=O)N(C)C)c3)c(Cl)c12. The number of hydrogen-bond donors (Lipinski definition) is 2. The zero-order chi connectivity index (χ0) is 22.3. The quantitative estimate of drug-likeness (QED) is 0.456. The highest BCUT2D eigenvalue weighted by atomic mass is 35.5. The molecule has 0 saturated carbocycles. The minimum atomic E-state index is -0.245. The van der Waals surface area contributed by atoms with Crippen LogP contribution in [0, 0.1) is 0 Å². The summed E-state index contributed by atoms with van der Waals surface area (Å²) in [6.07, 6.45) is 5.04. The van der Waals surface area contributed by atoms with Crippen molar-refractivity contribution in [1.82, 2.24) is 19.9 Å². The second kappa shape index (κ2) is 8.09. The van der Waals surface area contributed by atoms with Gasteiger partial charge < -0.3 is 20.4 Å². The van der Waals surface area contributed by atoms with Gasteiger partial charge in [-0.3, -0.25) is 4.79 Å². The van der Waals surface area contributed by atoms with Crippen LogP contribution in [0.3, 0.4) is 0 Å². The maximum Gasteiger partial charge on any atom is 0.257 e. The summed E-state index contributed by atoms with van der Waals surface area (Å²) in [6.45, 7) is 0. The van der Waals surface area contributed by atoms with Crippen LogP contribution in [-0.4, -0.2) is 47.0 Å². The largest absolute Gasteiger partial charge is 0.496 e. The van der Waals surface area contributed by atoms with Crippen molar-refractivity contribution in [3.8, 4) is 28.0 Å². The van der Waals surface area contributed by atoms with E-state index in [0.29, 0.717) is 38.1 Å². The summed E-state index contributed by atoms with van der Waals surface area (Å²) in [6, 6.07) is 7.07. The maximum atomic E-state index is 12.5. The molecule has 3 heterocycles. The molecule has 0 fully saturated rings. The third-order valence-electron chi connectivity index (χ3n) is 4.96. The van der Waals surface area contributed by atoms with Crippen molar-refractivity contribution in [1.29, 1.82) is 0 Å². The maximum absolute atomic E-state index is 12.5. The number of pyridine rings is 2. The average molecular weight is 456 g/mol. The minimum Gasteiger partial charge on any atom is -0.496 e. The first-order valence-corrected chi connectivity index (χ1v) is 10.0. The fourth-order valence-electron chi connectivity index (χ4n) is 3.39. The number of nitrogens with one attached hydrogen (secondary N) is 1. The number of fused-ring (bicyclic) bond motifs is 1. The summed E-state index contributed by atoms with van der Waals surface area (Å²) in [5, 5.41) is 1.75. The van der Waals surface area contributed by atoms with E-state index in [0.717, 1.165) is 16.5 Å². The highest BCUT2D eigenvalue weighted by molar-refractivity contribution is 6.39.